The van der Waals surface area contributed by atoms with E-state index in [1.807, 2.05) is 0 Å². The van der Waals surface area contributed by atoms with E-state index in [0.717, 1.165) is 0 Å². The average Bonchev–Trinajstić information content (AvgIpc) is 2.26. The van der Waals surface area contributed by atoms with E-state index in [2.05, 4.69) is 14.5 Å². The molecule has 1 heterocycles. The summed E-state index contributed by atoms with van der Waals surface area (Å²) < 4.78 is 50.0. The van der Waals surface area contributed by atoms with Crippen molar-refractivity contribution in [2.45, 2.75) is 12.9 Å². The normalized spacial score (nSPS) is 11.2. The second kappa shape index (κ2) is 5.09. The highest BCUT2D eigenvalue weighted by Crippen LogP contribution is 2.40. The minimum Gasteiger partial charge on any atom is -0.492 e. The molecule has 0 spiro atoms. The second-order valence-corrected chi connectivity index (χ2v) is 2.91. The number of hydrogen-bond acceptors (Lipinski definition) is 5. The lowest BCUT2D eigenvalue weighted by Gasteiger charge is -2.16. The maximum absolute atomic E-state index is 12.2. The molecule has 0 amide bonds. The van der Waals surface area contributed by atoms with Gasteiger partial charge in [0.1, 0.15) is 0 Å². The van der Waals surface area contributed by atoms with Crippen molar-refractivity contribution in [3.8, 4) is 17.4 Å². The molecule has 0 radical (unpaired) electrons. The summed E-state index contributed by atoms with van der Waals surface area (Å²) in [6, 6.07) is 0. The van der Waals surface area contributed by atoms with Crippen LogP contribution >= 0.6 is 0 Å². The summed E-state index contributed by atoms with van der Waals surface area (Å²) in [4.78, 5) is 3.65. The van der Waals surface area contributed by atoms with Crippen LogP contribution in [0.3, 0.4) is 0 Å². The van der Waals surface area contributed by atoms with Crippen LogP contribution in [0.1, 0.15) is 5.56 Å². The Kier molecular flexibility index (Phi) is 4.00. The van der Waals surface area contributed by atoms with Gasteiger partial charge in [-0.1, -0.05) is 0 Å². The Bertz CT molecular complexity index is 396. The van der Waals surface area contributed by atoms with Crippen molar-refractivity contribution in [1.82, 2.24) is 4.98 Å². The predicted octanol–water partition coefficient (Wildman–Crippen LogP) is 1.46. The molecule has 5 nitrogen and oxygen atoms in total. The number of methoxy groups -OCH3 is 2. The zero-order valence-corrected chi connectivity index (χ0v) is 9.17. The van der Waals surface area contributed by atoms with Crippen LogP contribution in [0.5, 0.6) is 17.4 Å². The van der Waals surface area contributed by atoms with Gasteiger partial charge in [-0.3, -0.25) is 0 Å². The van der Waals surface area contributed by atoms with Gasteiger partial charge in [0, 0.05) is 18.3 Å². The number of aromatic nitrogens is 1. The highest BCUT2D eigenvalue weighted by atomic mass is 19.4. The lowest BCUT2D eigenvalue weighted by atomic mass is 10.2. The van der Waals surface area contributed by atoms with Crippen LogP contribution in [0.2, 0.25) is 0 Å². The first-order valence-corrected chi connectivity index (χ1v) is 4.48. The summed E-state index contributed by atoms with van der Waals surface area (Å²) in [5.74, 6) is -1.10. The molecular formula is C9H11F3N2O3. The zero-order valence-electron chi connectivity index (χ0n) is 9.17. The van der Waals surface area contributed by atoms with Gasteiger partial charge in [0.05, 0.1) is 14.2 Å². The standard InChI is InChI=1S/C9H11F3N2O3/c1-15-6-5(3-13)4-14-8(16-2)7(6)17-9(10,11)12/h4H,3,13H2,1-2H3. The number of rotatable bonds is 4. The highest BCUT2D eigenvalue weighted by Gasteiger charge is 2.35. The van der Waals surface area contributed by atoms with Gasteiger partial charge in [0.2, 0.25) is 5.75 Å². The monoisotopic (exact) mass is 252 g/mol. The maximum atomic E-state index is 12.2. The summed E-state index contributed by atoms with van der Waals surface area (Å²) in [5, 5.41) is 0. The fourth-order valence-corrected chi connectivity index (χ4v) is 1.22. The van der Waals surface area contributed by atoms with Crippen LogP contribution in [0, 0.1) is 0 Å². The Morgan fingerprint density at radius 1 is 1.24 bits per heavy atom. The van der Waals surface area contributed by atoms with Crippen molar-refractivity contribution in [1.29, 1.82) is 0 Å². The molecule has 1 aromatic rings. The molecule has 1 rings (SSSR count). The molecule has 0 aliphatic carbocycles. The number of alkyl halides is 3. The minimum absolute atomic E-state index is 0.0333. The van der Waals surface area contributed by atoms with E-state index in [0.29, 0.717) is 0 Å². The summed E-state index contributed by atoms with van der Waals surface area (Å²) >= 11 is 0. The predicted molar refractivity (Wildman–Crippen MR) is 51.9 cm³/mol. The lowest BCUT2D eigenvalue weighted by Crippen LogP contribution is -2.19. The van der Waals surface area contributed by atoms with Crippen molar-refractivity contribution < 1.29 is 27.4 Å². The third-order valence-electron chi connectivity index (χ3n) is 1.86. The molecule has 96 valence electrons. The highest BCUT2D eigenvalue weighted by molar-refractivity contribution is 5.51. The van der Waals surface area contributed by atoms with Crippen LogP contribution in [0.25, 0.3) is 0 Å². The smallest absolute Gasteiger partial charge is 0.492 e. The molecule has 0 saturated carbocycles. The van der Waals surface area contributed by atoms with Gasteiger partial charge >= 0.3 is 6.36 Å². The van der Waals surface area contributed by atoms with Crippen LogP contribution in [0.15, 0.2) is 6.20 Å². The molecule has 8 heteroatoms. The molecule has 2 N–H and O–H groups in total. The second-order valence-electron chi connectivity index (χ2n) is 2.91. The van der Waals surface area contributed by atoms with Crippen molar-refractivity contribution in [2.24, 2.45) is 5.73 Å². The van der Waals surface area contributed by atoms with E-state index in [1.165, 1.54) is 20.4 Å². The van der Waals surface area contributed by atoms with Crippen molar-refractivity contribution in [3.63, 3.8) is 0 Å². The summed E-state index contributed by atoms with van der Waals surface area (Å²) in [6.07, 6.45) is -3.60. The molecule has 17 heavy (non-hydrogen) atoms. The third kappa shape index (κ3) is 3.13. The molecule has 0 fully saturated rings. The summed E-state index contributed by atoms with van der Waals surface area (Å²) in [7, 11) is 2.38. The van der Waals surface area contributed by atoms with Gasteiger partial charge in [-0.2, -0.15) is 0 Å². The zero-order chi connectivity index (χ0) is 13.1. The van der Waals surface area contributed by atoms with Crippen LogP contribution < -0.4 is 19.9 Å². The van der Waals surface area contributed by atoms with Crippen molar-refractivity contribution in [3.05, 3.63) is 11.8 Å². The first kappa shape index (κ1) is 13.4. The molecule has 0 aliphatic heterocycles. The number of nitrogens with two attached hydrogens (primary N) is 1. The Morgan fingerprint density at radius 3 is 2.29 bits per heavy atom. The number of ether oxygens (including phenoxy) is 3. The van der Waals surface area contributed by atoms with Crippen LogP contribution in [0.4, 0.5) is 13.2 Å². The van der Waals surface area contributed by atoms with Crippen LogP contribution in [-0.4, -0.2) is 25.6 Å². The largest absolute Gasteiger partial charge is 0.573 e. The Labute approximate surface area is 95.3 Å². The van der Waals surface area contributed by atoms with Gasteiger partial charge < -0.3 is 19.9 Å². The Balaban J connectivity index is 3.30. The molecule has 0 aliphatic rings. The number of hydrogen-bond donors (Lipinski definition) is 1. The first-order valence-electron chi connectivity index (χ1n) is 4.48. The molecule has 0 atom stereocenters. The molecule has 0 unspecified atom stereocenters. The van der Waals surface area contributed by atoms with Gasteiger partial charge in [-0.15, -0.1) is 13.2 Å². The van der Waals surface area contributed by atoms with Crippen LogP contribution in [-0.2, 0) is 6.54 Å². The van der Waals surface area contributed by atoms with E-state index >= 15 is 0 Å². The molecule has 0 saturated heterocycles. The molecule has 1 aromatic heterocycles. The van der Waals surface area contributed by atoms with Crippen molar-refractivity contribution in [2.75, 3.05) is 14.2 Å². The van der Waals surface area contributed by atoms with E-state index in [4.69, 9.17) is 10.5 Å². The number of halogens is 3. The SMILES string of the molecule is COc1ncc(CN)c(OC)c1OC(F)(F)F. The lowest BCUT2D eigenvalue weighted by molar-refractivity contribution is -0.275. The number of pyridine rings is 1. The third-order valence-corrected chi connectivity index (χ3v) is 1.86. The van der Waals surface area contributed by atoms with Gasteiger partial charge in [-0.25, -0.2) is 4.98 Å². The van der Waals surface area contributed by atoms with E-state index < -0.39 is 12.1 Å². The first-order chi connectivity index (χ1) is 7.92. The fraction of sp³-hybridized carbons (Fsp3) is 0.444. The van der Waals surface area contributed by atoms with E-state index in [1.54, 1.807) is 0 Å². The topological polar surface area (TPSA) is 66.6 Å². The van der Waals surface area contributed by atoms with E-state index in [9.17, 15) is 13.2 Å². The minimum atomic E-state index is -4.87. The van der Waals surface area contributed by atoms with Crippen molar-refractivity contribution >= 4 is 0 Å². The Morgan fingerprint density at radius 2 is 1.88 bits per heavy atom. The maximum Gasteiger partial charge on any atom is 0.573 e. The number of nitrogens with zero attached hydrogens (tertiary/aromatic N) is 1. The summed E-state index contributed by atoms with van der Waals surface area (Å²) in [6.45, 7) is -0.0333. The quantitative estimate of drug-likeness (QED) is 0.878. The summed E-state index contributed by atoms with van der Waals surface area (Å²) in [5.41, 5.74) is 5.64. The van der Waals surface area contributed by atoms with Gasteiger partial charge in [0.25, 0.3) is 5.88 Å². The molecular weight excluding hydrogens is 241 g/mol. The van der Waals surface area contributed by atoms with E-state index in [-0.39, 0.29) is 23.7 Å². The fourth-order valence-electron chi connectivity index (χ4n) is 1.22. The van der Waals surface area contributed by atoms with Gasteiger partial charge in [0.15, 0.2) is 5.75 Å². The van der Waals surface area contributed by atoms with Gasteiger partial charge in [-0.05, 0) is 0 Å². The molecule has 0 bridgehead atoms. The Hall–Kier alpha value is -1.70. The average molecular weight is 252 g/mol. The molecule has 0 aromatic carbocycles.